The van der Waals surface area contributed by atoms with Crippen LogP contribution >= 0.6 is 12.4 Å². The van der Waals surface area contributed by atoms with Crippen molar-refractivity contribution in [2.75, 3.05) is 0 Å². The van der Waals surface area contributed by atoms with E-state index in [4.69, 9.17) is 0 Å². The third kappa shape index (κ3) is 1.32. The van der Waals surface area contributed by atoms with E-state index in [0.29, 0.717) is 0 Å². The third-order valence-corrected chi connectivity index (χ3v) is 3.33. The second kappa shape index (κ2) is 3.13. The molecule has 0 heterocycles. The summed E-state index contributed by atoms with van der Waals surface area (Å²) in [6.45, 7) is 0. The summed E-state index contributed by atoms with van der Waals surface area (Å²) in [6.07, 6.45) is 12.3. The minimum absolute atomic E-state index is 0. The molecule has 0 aromatic carbocycles. The van der Waals surface area contributed by atoms with E-state index in [1.54, 1.807) is 25.7 Å². The first kappa shape index (κ1) is 8.39. The molecule has 2 rings (SSSR count). The highest BCUT2D eigenvalue weighted by Gasteiger charge is 2.37. The summed E-state index contributed by atoms with van der Waals surface area (Å²) in [5.74, 6) is 0. The van der Waals surface area contributed by atoms with Gasteiger partial charge in [-0.05, 0) is 31.1 Å². The molecule has 0 unspecified atom stereocenters. The van der Waals surface area contributed by atoms with Crippen LogP contribution in [-0.2, 0) is 0 Å². The topological polar surface area (TPSA) is 0 Å². The summed E-state index contributed by atoms with van der Waals surface area (Å²) >= 11 is 0. The molecule has 0 radical (unpaired) electrons. The standard InChI is InChI=1S/C9H16.ClH/c1-2-5-9(6-3-1)7-4-8-9;/h1-8H2;1H. The SMILES string of the molecule is C1CCC2(CC1)CCC2.Cl. The van der Waals surface area contributed by atoms with Gasteiger partial charge in [0.15, 0.2) is 0 Å². The quantitative estimate of drug-likeness (QED) is 0.509. The van der Waals surface area contributed by atoms with Crippen molar-refractivity contribution in [3.05, 3.63) is 0 Å². The molecule has 1 heteroatoms. The van der Waals surface area contributed by atoms with Gasteiger partial charge in [-0.1, -0.05) is 25.7 Å². The normalized spacial score (nSPS) is 28.8. The summed E-state index contributed by atoms with van der Waals surface area (Å²) in [6, 6.07) is 0. The molecule has 0 aliphatic heterocycles. The van der Waals surface area contributed by atoms with Crippen LogP contribution < -0.4 is 0 Å². The van der Waals surface area contributed by atoms with Crippen LogP contribution in [0.2, 0.25) is 0 Å². The van der Waals surface area contributed by atoms with Gasteiger partial charge < -0.3 is 0 Å². The highest BCUT2D eigenvalue weighted by atomic mass is 35.5. The van der Waals surface area contributed by atoms with Gasteiger partial charge in [-0.25, -0.2) is 0 Å². The summed E-state index contributed by atoms with van der Waals surface area (Å²) < 4.78 is 0. The zero-order chi connectivity index (χ0) is 6.16. The van der Waals surface area contributed by atoms with Gasteiger partial charge in [-0.15, -0.1) is 12.4 Å². The van der Waals surface area contributed by atoms with E-state index in [9.17, 15) is 0 Å². The second-order valence-electron chi connectivity index (χ2n) is 3.91. The number of rotatable bonds is 0. The van der Waals surface area contributed by atoms with Crippen molar-refractivity contribution in [2.45, 2.75) is 51.4 Å². The van der Waals surface area contributed by atoms with Crippen LogP contribution in [0.5, 0.6) is 0 Å². The van der Waals surface area contributed by atoms with Gasteiger partial charge in [-0.3, -0.25) is 0 Å². The predicted octanol–water partition coefficient (Wildman–Crippen LogP) is 3.54. The van der Waals surface area contributed by atoms with Crippen LogP contribution in [0.4, 0.5) is 0 Å². The molecule has 0 aromatic rings. The zero-order valence-electron chi connectivity index (χ0n) is 6.57. The highest BCUT2D eigenvalue weighted by molar-refractivity contribution is 5.85. The van der Waals surface area contributed by atoms with E-state index < -0.39 is 0 Å². The van der Waals surface area contributed by atoms with E-state index in [1.165, 1.54) is 25.7 Å². The summed E-state index contributed by atoms with van der Waals surface area (Å²) in [4.78, 5) is 0. The molecule has 2 aliphatic carbocycles. The fraction of sp³-hybridized carbons (Fsp3) is 1.00. The summed E-state index contributed by atoms with van der Waals surface area (Å²) in [5, 5.41) is 0. The molecule has 10 heavy (non-hydrogen) atoms. The van der Waals surface area contributed by atoms with E-state index in [-0.39, 0.29) is 12.4 Å². The van der Waals surface area contributed by atoms with Crippen LogP contribution in [-0.4, -0.2) is 0 Å². The van der Waals surface area contributed by atoms with Gasteiger partial charge in [0.2, 0.25) is 0 Å². The average Bonchev–Trinajstić information content (AvgIpc) is 1.87. The second-order valence-corrected chi connectivity index (χ2v) is 3.91. The van der Waals surface area contributed by atoms with Crippen molar-refractivity contribution < 1.29 is 0 Å². The average molecular weight is 161 g/mol. The number of halogens is 1. The van der Waals surface area contributed by atoms with Crippen molar-refractivity contribution in [1.82, 2.24) is 0 Å². The smallest absolute Gasteiger partial charge is 0.0297 e. The number of hydrogen-bond acceptors (Lipinski definition) is 0. The van der Waals surface area contributed by atoms with Crippen LogP contribution in [0, 0.1) is 5.41 Å². The molecular formula is C9H17Cl. The molecule has 2 fully saturated rings. The van der Waals surface area contributed by atoms with Crippen molar-refractivity contribution in [2.24, 2.45) is 5.41 Å². The predicted molar refractivity (Wildman–Crippen MR) is 46.6 cm³/mol. The first-order valence-corrected chi connectivity index (χ1v) is 4.41. The molecule has 0 amide bonds. The van der Waals surface area contributed by atoms with Gasteiger partial charge in [0, 0.05) is 0 Å². The van der Waals surface area contributed by atoms with Gasteiger partial charge in [0.05, 0.1) is 0 Å². The summed E-state index contributed by atoms with van der Waals surface area (Å²) in [7, 11) is 0. The van der Waals surface area contributed by atoms with Crippen molar-refractivity contribution in [3.8, 4) is 0 Å². The Morgan fingerprint density at radius 2 is 1.10 bits per heavy atom. The maximum atomic E-state index is 1.56. The van der Waals surface area contributed by atoms with Gasteiger partial charge in [-0.2, -0.15) is 0 Å². The van der Waals surface area contributed by atoms with E-state index in [2.05, 4.69) is 0 Å². The van der Waals surface area contributed by atoms with Crippen LogP contribution in [0.3, 0.4) is 0 Å². The molecule has 2 aliphatic rings. The number of hydrogen-bond donors (Lipinski definition) is 0. The zero-order valence-corrected chi connectivity index (χ0v) is 7.38. The minimum Gasteiger partial charge on any atom is -0.147 e. The Balaban J connectivity index is 0.000000500. The lowest BCUT2D eigenvalue weighted by Crippen LogP contribution is -2.31. The fourth-order valence-electron chi connectivity index (χ4n) is 2.48. The molecular weight excluding hydrogens is 144 g/mol. The molecule has 0 bridgehead atoms. The molecule has 60 valence electrons. The minimum atomic E-state index is 0. The Morgan fingerprint density at radius 1 is 0.600 bits per heavy atom. The maximum Gasteiger partial charge on any atom is -0.0297 e. The fourth-order valence-corrected chi connectivity index (χ4v) is 2.48. The third-order valence-electron chi connectivity index (χ3n) is 3.33. The molecule has 1 spiro atoms. The molecule has 0 atom stereocenters. The Bertz CT molecular complexity index is 97.3. The Labute approximate surface area is 69.8 Å². The van der Waals surface area contributed by atoms with Gasteiger partial charge in [0.25, 0.3) is 0 Å². The van der Waals surface area contributed by atoms with E-state index >= 15 is 0 Å². The van der Waals surface area contributed by atoms with Gasteiger partial charge >= 0.3 is 0 Å². The lowest BCUT2D eigenvalue weighted by atomic mass is 9.61. The van der Waals surface area contributed by atoms with Crippen LogP contribution in [0.15, 0.2) is 0 Å². The Hall–Kier alpha value is 0.290. The van der Waals surface area contributed by atoms with E-state index in [0.717, 1.165) is 5.41 Å². The monoisotopic (exact) mass is 160 g/mol. The van der Waals surface area contributed by atoms with Crippen LogP contribution in [0.1, 0.15) is 51.4 Å². The van der Waals surface area contributed by atoms with E-state index in [1.807, 2.05) is 0 Å². The highest BCUT2D eigenvalue weighted by Crippen LogP contribution is 2.51. The largest absolute Gasteiger partial charge is 0.147 e. The lowest BCUT2D eigenvalue weighted by Gasteiger charge is -2.45. The Kier molecular flexibility index (Phi) is 2.62. The lowest BCUT2D eigenvalue weighted by molar-refractivity contribution is 0.0775. The summed E-state index contributed by atoms with van der Waals surface area (Å²) in [5.41, 5.74) is 0.901. The first-order chi connectivity index (χ1) is 4.41. The van der Waals surface area contributed by atoms with Crippen LogP contribution in [0.25, 0.3) is 0 Å². The van der Waals surface area contributed by atoms with Crippen molar-refractivity contribution in [1.29, 1.82) is 0 Å². The molecule has 0 saturated heterocycles. The van der Waals surface area contributed by atoms with Crippen molar-refractivity contribution >= 4 is 12.4 Å². The molecule has 0 N–H and O–H groups in total. The molecule has 0 nitrogen and oxygen atoms in total. The Morgan fingerprint density at radius 3 is 1.40 bits per heavy atom. The molecule has 2 saturated carbocycles. The maximum absolute atomic E-state index is 1.56. The van der Waals surface area contributed by atoms with Crippen molar-refractivity contribution in [3.63, 3.8) is 0 Å². The first-order valence-electron chi connectivity index (χ1n) is 4.41. The molecule has 0 aromatic heterocycles. The van der Waals surface area contributed by atoms with Gasteiger partial charge in [0.1, 0.15) is 0 Å².